The molecule has 0 bridgehead atoms. The Kier molecular flexibility index (Phi) is 8.10. The molecule has 1 N–H and O–H groups in total. The van der Waals surface area contributed by atoms with Crippen molar-refractivity contribution in [1.82, 2.24) is 4.98 Å². The first-order valence-electron chi connectivity index (χ1n) is 11.0. The van der Waals surface area contributed by atoms with Crippen LogP contribution in [0.25, 0.3) is 0 Å². The number of carbonyl (C=O) groups excluding carboxylic acids is 1. The zero-order chi connectivity index (χ0) is 25.2. The molecule has 184 valence electrons. The molecule has 1 fully saturated rings. The van der Waals surface area contributed by atoms with Crippen LogP contribution in [0.1, 0.15) is 62.4 Å². The second-order valence-corrected chi connectivity index (χ2v) is 10.1. The van der Waals surface area contributed by atoms with Gasteiger partial charge in [-0.2, -0.15) is 13.2 Å². The minimum Gasteiger partial charge on any atom is -0.478 e. The minimum absolute atomic E-state index is 0.122. The Hall–Kier alpha value is -2.37. The summed E-state index contributed by atoms with van der Waals surface area (Å²) < 4.78 is 45.9. The number of pyridine rings is 1. The second kappa shape index (κ2) is 10.5. The Morgan fingerprint density at radius 2 is 1.82 bits per heavy atom. The summed E-state index contributed by atoms with van der Waals surface area (Å²) in [5.74, 6) is -1.90. The summed E-state index contributed by atoms with van der Waals surface area (Å²) in [5, 5.41) is 9.84. The lowest BCUT2D eigenvalue weighted by Gasteiger charge is -2.34. The Morgan fingerprint density at radius 1 is 1.18 bits per heavy atom. The number of carbonyl (C=O) groups is 2. The summed E-state index contributed by atoms with van der Waals surface area (Å²) in [6.07, 6.45) is -0.118. The number of rotatable bonds is 6. The monoisotopic (exact) mass is 590 g/mol. The van der Waals surface area contributed by atoms with Crippen LogP contribution >= 0.6 is 22.6 Å². The van der Waals surface area contributed by atoms with Crippen LogP contribution in [0.5, 0.6) is 11.6 Å². The third-order valence-electron chi connectivity index (χ3n) is 5.91. The Morgan fingerprint density at radius 3 is 2.38 bits per heavy atom. The molecule has 34 heavy (non-hydrogen) atoms. The number of aromatic carboxylic acids is 1. The average molecular weight is 590 g/mol. The van der Waals surface area contributed by atoms with Crippen LogP contribution in [0.15, 0.2) is 30.5 Å². The van der Waals surface area contributed by atoms with Crippen LogP contribution in [-0.2, 0) is 11.0 Å². The van der Waals surface area contributed by atoms with Gasteiger partial charge in [-0.15, -0.1) is 0 Å². The molecule has 0 saturated heterocycles. The molecule has 2 aromatic rings. The lowest BCUT2D eigenvalue weighted by Crippen LogP contribution is -2.42. The number of amides is 1. The molecule has 1 aromatic carbocycles. The molecule has 1 aromatic heterocycles. The van der Waals surface area contributed by atoms with E-state index in [0.717, 1.165) is 37.8 Å². The fourth-order valence-electron chi connectivity index (χ4n) is 4.14. The SMILES string of the molecule is CC(C)N(c1ccc(Oc2ncc(I)cc2C(F)(F)F)cc1C(=O)O)C(=O)[C@H]1CC[C@H](C)CC1. The second-order valence-electron chi connectivity index (χ2n) is 8.85. The average Bonchev–Trinajstić information content (AvgIpc) is 2.75. The fraction of sp³-hybridized carbons (Fsp3) is 0.458. The van der Waals surface area contributed by atoms with Crippen LogP contribution in [0.2, 0.25) is 0 Å². The van der Waals surface area contributed by atoms with E-state index in [-0.39, 0.29) is 38.4 Å². The van der Waals surface area contributed by atoms with Crippen molar-refractivity contribution in [2.24, 2.45) is 11.8 Å². The molecule has 0 aliphatic heterocycles. The molecular formula is C24H26F3IN2O4. The van der Waals surface area contributed by atoms with Gasteiger partial charge in [0, 0.05) is 21.7 Å². The molecule has 0 atom stereocenters. The van der Waals surface area contributed by atoms with Gasteiger partial charge in [0.2, 0.25) is 11.8 Å². The highest BCUT2D eigenvalue weighted by Crippen LogP contribution is 2.39. The molecule has 1 heterocycles. The van der Waals surface area contributed by atoms with E-state index in [9.17, 15) is 27.9 Å². The van der Waals surface area contributed by atoms with Crippen molar-refractivity contribution < 1.29 is 32.6 Å². The molecule has 0 radical (unpaired) electrons. The molecule has 0 spiro atoms. The van der Waals surface area contributed by atoms with Crippen LogP contribution < -0.4 is 9.64 Å². The Balaban J connectivity index is 1.97. The minimum atomic E-state index is -4.70. The normalized spacial score (nSPS) is 18.6. The zero-order valence-electron chi connectivity index (χ0n) is 19.0. The topological polar surface area (TPSA) is 79.7 Å². The maximum atomic E-state index is 13.4. The van der Waals surface area contributed by atoms with E-state index in [4.69, 9.17) is 4.74 Å². The van der Waals surface area contributed by atoms with Gasteiger partial charge in [0.15, 0.2) is 0 Å². The van der Waals surface area contributed by atoms with Crippen LogP contribution in [0, 0.1) is 15.4 Å². The molecule has 10 heteroatoms. The lowest BCUT2D eigenvalue weighted by atomic mass is 9.82. The van der Waals surface area contributed by atoms with E-state index < -0.39 is 23.6 Å². The maximum Gasteiger partial charge on any atom is 0.421 e. The predicted molar refractivity (Wildman–Crippen MR) is 129 cm³/mol. The number of ether oxygens (including phenoxy) is 1. The van der Waals surface area contributed by atoms with Crippen LogP contribution in [-0.4, -0.2) is 28.0 Å². The molecular weight excluding hydrogens is 564 g/mol. The summed E-state index contributed by atoms with van der Waals surface area (Å²) in [6.45, 7) is 5.74. The molecule has 6 nitrogen and oxygen atoms in total. The van der Waals surface area contributed by atoms with Gasteiger partial charge in [-0.3, -0.25) is 4.79 Å². The Bertz CT molecular complexity index is 1070. The third-order valence-corrected chi connectivity index (χ3v) is 6.50. The summed E-state index contributed by atoms with van der Waals surface area (Å²) >= 11 is 1.72. The van der Waals surface area contributed by atoms with Gasteiger partial charge in [-0.1, -0.05) is 6.92 Å². The van der Waals surface area contributed by atoms with E-state index in [1.54, 1.807) is 36.4 Å². The number of benzene rings is 1. The van der Waals surface area contributed by atoms with Crippen molar-refractivity contribution in [3.63, 3.8) is 0 Å². The van der Waals surface area contributed by atoms with Gasteiger partial charge in [-0.25, -0.2) is 9.78 Å². The zero-order valence-corrected chi connectivity index (χ0v) is 21.2. The summed E-state index contributed by atoms with van der Waals surface area (Å²) in [6, 6.07) is 4.48. The number of nitrogens with zero attached hydrogens (tertiary/aromatic N) is 2. The summed E-state index contributed by atoms with van der Waals surface area (Å²) in [4.78, 5) is 30.6. The number of hydrogen-bond acceptors (Lipinski definition) is 4. The van der Waals surface area contributed by atoms with E-state index in [2.05, 4.69) is 11.9 Å². The van der Waals surface area contributed by atoms with E-state index in [1.807, 2.05) is 0 Å². The van der Waals surface area contributed by atoms with Gasteiger partial charge in [0.1, 0.15) is 11.3 Å². The number of halogens is 4. The first kappa shape index (κ1) is 26.2. The van der Waals surface area contributed by atoms with Crippen molar-refractivity contribution in [3.05, 3.63) is 45.2 Å². The van der Waals surface area contributed by atoms with Crippen molar-refractivity contribution in [2.75, 3.05) is 4.90 Å². The summed E-state index contributed by atoms with van der Waals surface area (Å²) in [7, 11) is 0. The van der Waals surface area contributed by atoms with Crippen molar-refractivity contribution in [2.45, 2.75) is 58.7 Å². The smallest absolute Gasteiger partial charge is 0.421 e. The molecule has 1 aliphatic rings. The number of hydrogen-bond donors (Lipinski definition) is 1. The molecule has 1 aliphatic carbocycles. The van der Waals surface area contributed by atoms with E-state index >= 15 is 0 Å². The third kappa shape index (κ3) is 6.00. The van der Waals surface area contributed by atoms with E-state index in [0.29, 0.717) is 5.92 Å². The molecule has 3 rings (SSSR count). The first-order valence-corrected chi connectivity index (χ1v) is 12.1. The first-order chi connectivity index (χ1) is 15.9. The number of carboxylic acid groups (broad SMARTS) is 1. The molecule has 1 saturated carbocycles. The highest BCUT2D eigenvalue weighted by Gasteiger charge is 2.36. The van der Waals surface area contributed by atoms with Crippen LogP contribution in [0.3, 0.4) is 0 Å². The van der Waals surface area contributed by atoms with Gasteiger partial charge >= 0.3 is 12.1 Å². The number of aromatic nitrogens is 1. The molecule has 0 unspecified atom stereocenters. The number of alkyl halides is 3. The van der Waals surface area contributed by atoms with E-state index in [1.165, 1.54) is 23.2 Å². The highest BCUT2D eigenvalue weighted by molar-refractivity contribution is 14.1. The quantitative estimate of drug-likeness (QED) is 0.376. The van der Waals surface area contributed by atoms with Gasteiger partial charge < -0.3 is 14.7 Å². The number of carboxylic acids is 1. The van der Waals surface area contributed by atoms with Crippen molar-refractivity contribution in [1.29, 1.82) is 0 Å². The standard InChI is InChI=1S/C24H26F3IN2O4/c1-13(2)30(22(31)15-6-4-14(3)5-7-15)20-9-8-17(11-18(20)23(32)33)34-21-19(24(25,26)27)10-16(28)12-29-21/h8-15H,4-7H2,1-3H3,(H,32,33)/t14-,15-. The fourth-order valence-corrected chi connectivity index (χ4v) is 4.59. The van der Waals surface area contributed by atoms with Crippen molar-refractivity contribution in [3.8, 4) is 11.6 Å². The van der Waals surface area contributed by atoms with Gasteiger partial charge in [0.05, 0.1) is 11.3 Å². The Labute approximate surface area is 209 Å². The lowest BCUT2D eigenvalue weighted by molar-refractivity contribution is -0.139. The van der Waals surface area contributed by atoms with Gasteiger partial charge in [-0.05, 0) is 92.3 Å². The predicted octanol–water partition coefficient (Wildman–Crippen LogP) is 6.76. The summed E-state index contributed by atoms with van der Waals surface area (Å²) in [5.41, 5.74) is -1.11. The molecule has 1 amide bonds. The largest absolute Gasteiger partial charge is 0.478 e. The highest BCUT2D eigenvalue weighted by atomic mass is 127. The maximum absolute atomic E-state index is 13.4. The number of anilines is 1. The van der Waals surface area contributed by atoms with Crippen molar-refractivity contribution >= 4 is 40.2 Å². The van der Waals surface area contributed by atoms with Gasteiger partial charge in [0.25, 0.3) is 0 Å². The van der Waals surface area contributed by atoms with Crippen LogP contribution in [0.4, 0.5) is 18.9 Å².